The molecule has 0 saturated heterocycles. The fraction of sp³-hybridized carbons (Fsp3) is 0.316. The predicted molar refractivity (Wildman–Crippen MR) is 120 cm³/mol. The third kappa shape index (κ3) is 5.97. The molecule has 0 aliphatic rings. The van der Waals surface area contributed by atoms with Crippen LogP contribution in [-0.4, -0.2) is 17.6 Å². The van der Waals surface area contributed by atoms with E-state index in [9.17, 15) is 5.11 Å². The van der Waals surface area contributed by atoms with Crippen molar-refractivity contribution in [1.82, 2.24) is 0 Å². The van der Waals surface area contributed by atoms with Crippen LogP contribution in [0, 0.1) is 13.8 Å². The number of hydrogen-bond acceptors (Lipinski definition) is 2. The Morgan fingerprint density at radius 2 is 1.80 bits per heavy atom. The second-order valence-corrected chi connectivity index (χ2v) is 6.93. The number of hydrogen-bond donors (Lipinski definition) is 3. The SMILES string of the molecule is CCC(O)(CN=C(N)Nc1ccc(C)c(C)c1)c1ccc(Br)cc1.I. The predicted octanol–water partition coefficient (Wildman–Crippen LogP) is 4.71. The number of benzene rings is 2. The van der Waals surface area contributed by atoms with Crippen molar-refractivity contribution >= 4 is 51.6 Å². The molecule has 0 radical (unpaired) electrons. The lowest BCUT2D eigenvalue weighted by Crippen LogP contribution is -2.31. The van der Waals surface area contributed by atoms with Crippen molar-refractivity contribution in [2.24, 2.45) is 10.7 Å². The minimum atomic E-state index is -1.03. The van der Waals surface area contributed by atoms with Crippen LogP contribution in [0.15, 0.2) is 51.9 Å². The zero-order valence-corrected chi connectivity index (χ0v) is 18.6. The van der Waals surface area contributed by atoms with Crippen molar-refractivity contribution in [2.45, 2.75) is 32.8 Å². The largest absolute Gasteiger partial charge is 0.383 e. The van der Waals surface area contributed by atoms with Gasteiger partial charge in [-0.2, -0.15) is 0 Å². The van der Waals surface area contributed by atoms with Crippen LogP contribution in [-0.2, 0) is 5.60 Å². The van der Waals surface area contributed by atoms with Crippen LogP contribution in [0.5, 0.6) is 0 Å². The van der Waals surface area contributed by atoms with Gasteiger partial charge in [0.2, 0.25) is 0 Å². The van der Waals surface area contributed by atoms with Crippen LogP contribution in [0.4, 0.5) is 5.69 Å². The summed E-state index contributed by atoms with van der Waals surface area (Å²) in [4.78, 5) is 4.33. The molecule has 1 unspecified atom stereocenters. The number of aliphatic hydroxyl groups is 1. The molecule has 6 heteroatoms. The van der Waals surface area contributed by atoms with Crippen LogP contribution in [0.1, 0.15) is 30.0 Å². The van der Waals surface area contributed by atoms with Crippen molar-refractivity contribution in [3.63, 3.8) is 0 Å². The molecule has 0 spiro atoms. The fourth-order valence-electron chi connectivity index (χ4n) is 2.39. The number of halogens is 2. The lowest BCUT2D eigenvalue weighted by atomic mass is 9.91. The van der Waals surface area contributed by atoms with Gasteiger partial charge in [-0.3, -0.25) is 0 Å². The van der Waals surface area contributed by atoms with Gasteiger partial charge in [0, 0.05) is 10.2 Å². The maximum absolute atomic E-state index is 10.9. The first-order valence-electron chi connectivity index (χ1n) is 7.96. The molecule has 0 aromatic heterocycles. The molecule has 0 aliphatic heterocycles. The van der Waals surface area contributed by atoms with Crippen LogP contribution in [0.3, 0.4) is 0 Å². The van der Waals surface area contributed by atoms with Gasteiger partial charge >= 0.3 is 0 Å². The first-order chi connectivity index (χ1) is 11.3. The molecule has 2 rings (SSSR count). The van der Waals surface area contributed by atoms with Crippen molar-refractivity contribution in [1.29, 1.82) is 0 Å². The zero-order valence-electron chi connectivity index (χ0n) is 14.7. The summed E-state index contributed by atoms with van der Waals surface area (Å²) in [6.07, 6.45) is 0.551. The van der Waals surface area contributed by atoms with E-state index < -0.39 is 5.60 Å². The maximum atomic E-state index is 10.9. The molecule has 4 nitrogen and oxygen atoms in total. The van der Waals surface area contributed by atoms with Crippen LogP contribution < -0.4 is 11.1 Å². The zero-order chi connectivity index (χ0) is 17.7. The van der Waals surface area contributed by atoms with Crippen molar-refractivity contribution in [3.05, 3.63) is 63.6 Å². The second kappa shape index (κ2) is 9.54. The summed E-state index contributed by atoms with van der Waals surface area (Å²) in [5.41, 5.74) is 9.08. The molecule has 25 heavy (non-hydrogen) atoms. The van der Waals surface area contributed by atoms with Gasteiger partial charge in [0.25, 0.3) is 0 Å². The maximum Gasteiger partial charge on any atom is 0.193 e. The van der Waals surface area contributed by atoms with Crippen molar-refractivity contribution in [2.75, 3.05) is 11.9 Å². The molecule has 2 aromatic carbocycles. The number of guanidine groups is 1. The molecule has 1 atom stereocenters. The molecular weight excluding hydrogens is 493 g/mol. The van der Waals surface area contributed by atoms with E-state index in [1.807, 2.05) is 49.4 Å². The first kappa shape index (κ1) is 21.9. The molecule has 0 aliphatic carbocycles. The van der Waals surface area contributed by atoms with Gasteiger partial charge in [-0.15, -0.1) is 24.0 Å². The Morgan fingerprint density at radius 1 is 1.16 bits per heavy atom. The second-order valence-electron chi connectivity index (χ2n) is 6.02. The molecule has 0 amide bonds. The summed E-state index contributed by atoms with van der Waals surface area (Å²) in [6.45, 7) is 6.26. The van der Waals surface area contributed by atoms with E-state index in [0.29, 0.717) is 12.4 Å². The van der Waals surface area contributed by atoms with E-state index >= 15 is 0 Å². The van der Waals surface area contributed by atoms with Gasteiger partial charge in [0.05, 0.1) is 6.54 Å². The summed E-state index contributed by atoms with van der Waals surface area (Å²) >= 11 is 3.41. The number of rotatable bonds is 5. The quantitative estimate of drug-likeness (QED) is 0.305. The minimum absolute atomic E-state index is 0. The molecule has 2 aromatic rings. The lowest BCUT2D eigenvalue weighted by molar-refractivity contribution is 0.0424. The smallest absolute Gasteiger partial charge is 0.193 e. The number of nitrogens with zero attached hydrogens (tertiary/aromatic N) is 1. The molecular formula is C19H25BrIN3O. The average Bonchev–Trinajstić information content (AvgIpc) is 2.57. The Hall–Kier alpha value is -1.12. The number of aliphatic imine (C=N–C) groups is 1. The van der Waals surface area contributed by atoms with Gasteiger partial charge in [-0.05, 0) is 61.2 Å². The molecule has 4 N–H and O–H groups in total. The highest BCUT2D eigenvalue weighted by Crippen LogP contribution is 2.26. The van der Waals surface area contributed by atoms with Crippen molar-refractivity contribution in [3.8, 4) is 0 Å². The third-order valence-corrected chi connectivity index (χ3v) is 4.79. The molecule has 0 saturated carbocycles. The minimum Gasteiger partial charge on any atom is -0.383 e. The Labute approximate surface area is 175 Å². The van der Waals surface area contributed by atoms with E-state index in [2.05, 4.69) is 40.1 Å². The van der Waals surface area contributed by atoms with Gasteiger partial charge in [-0.25, -0.2) is 4.99 Å². The molecule has 0 bridgehead atoms. The van der Waals surface area contributed by atoms with Crippen LogP contribution >= 0.6 is 39.9 Å². The topological polar surface area (TPSA) is 70.6 Å². The lowest BCUT2D eigenvalue weighted by Gasteiger charge is -2.25. The normalized spacial score (nSPS) is 13.7. The summed E-state index contributed by atoms with van der Waals surface area (Å²) in [7, 11) is 0. The average molecular weight is 518 g/mol. The molecule has 0 heterocycles. The highest BCUT2D eigenvalue weighted by atomic mass is 127. The summed E-state index contributed by atoms with van der Waals surface area (Å²) < 4.78 is 0.976. The summed E-state index contributed by atoms with van der Waals surface area (Å²) in [5.74, 6) is 0.294. The van der Waals surface area contributed by atoms with E-state index in [1.54, 1.807) is 0 Å². The third-order valence-electron chi connectivity index (χ3n) is 4.26. The van der Waals surface area contributed by atoms with Gasteiger partial charge in [-0.1, -0.05) is 41.1 Å². The highest BCUT2D eigenvalue weighted by Gasteiger charge is 2.26. The Morgan fingerprint density at radius 3 is 2.36 bits per heavy atom. The van der Waals surface area contributed by atoms with Crippen LogP contribution in [0.2, 0.25) is 0 Å². The fourth-order valence-corrected chi connectivity index (χ4v) is 2.65. The Kier molecular flexibility index (Phi) is 8.37. The monoisotopic (exact) mass is 517 g/mol. The molecule has 0 fully saturated rings. The summed E-state index contributed by atoms with van der Waals surface area (Å²) in [5, 5.41) is 13.9. The van der Waals surface area contributed by atoms with Crippen LogP contribution in [0.25, 0.3) is 0 Å². The van der Waals surface area contributed by atoms with Gasteiger partial charge in [0.1, 0.15) is 5.60 Å². The van der Waals surface area contributed by atoms with E-state index in [1.165, 1.54) is 11.1 Å². The van der Waals surface area contributed by atoms with Gasteiger partial charge in [0.15, 0.2) is 5.96 Å². The van der Waals surface area contributed by atoms with E-state index in [0.717, 1.165) is 15.7 Å². The van der Waals surface area contributed by atoms with Gasteiger partial charge < -0.3 is 16.2 Å². The molecule has 136 valence electrons. The van der Waals surface area contributed by atoms with E-state index in [4.69, 9.17) is 5.73 Å². The number of nitrogens with one attached hydrogen (secondary N) is 1. The number of aryl methyl sites for hydroxylation is 2. The standard InChI is InChI=1S/C19H24BrN3O.HI/c1-4-19(24,15-6-8-16(20)9-7-15)12-22-18(21)23-17-10-5-13(2)14(3)11-17;/h5-11,24H,4,12H2,1-3H3,(H3,21,22,23);1H. The first-order valence-corrected chi connectivity index (χ1v) is 8.76. The highest BCUT2D eigenvalue weighted by molar-refractivity contribution is 14.0. The Bertz CT molecular complexity index is 734. The number of anilines is 1. The van der Waals surface area contributed by atoms with Crippen molar-refractivity contribution < 1.29 is 5.11 Å². The van der Waals surface area contributed by atoms with E-state index in [-0.39, 0.29) is 30.5 Å². The Balaban J connectivity index is 0.00000312. The number of nitrogens with two attached hydrogens (primary N) is 1. The summed E-state index contributed by atoms with van der Waals surface area (Å²) in [6, 6.07) is 13.7.